The van der Waals surface area contributed by atoms with Gasteiger partial charge in [-0.25, -0.2) is 12.7 Å². The van der Waals surface area contributed by atoms with Gasteiger partial charge in [-0.2, -0.15) is 0 Å². The number of amides is 2. The van der Waals surface area contributed by atoms with E-state index in [-0.39, 0.29) is 34.4 Å². The van der Waals surface area contributed by atoms with Crippen LogP contribution >= 0.6 is 11.6 Å². The van der Waals surface area contributed by atoms with E-state index in [1.54, 1.807) is 0 Å². The Kier molecular flexibility index (Phi) is 4.83. The minimum atomic E-state index is -3.66. The van der Waals surface area contributed by atoms with E-state index in [9.17, 15) is 18.0 Å². The van der Waals surface area contributed by atoms with Crippen molar-refractivity contribution in [2.45, 2.75) is 32.1 Å². The smallest absolute Gasteiger partial charge is 0.252 e. The van der Waals surface area contributed by atoms with Crippen molar-refractivity contribution in [3.8, 4) is 0 Å². The highest BCUT2D eigenvalue weighted by molar-refractivity contribution is 7.94. The summed E-state index contributed by atoms with van der Waals surface area (Å²) < 4.78 is 24.8. The zero-order valence-corrected chi connectivity index (χ0v) is 14.7. The summed E-state index contributed by atoms with van der Waals surface area (Å²) in [6.45, 7) is 0.584. The summed E-state index contributed by atoms with van der Waals surface area (Å²) in [6, 6.07) is 4.26. The van der Waals surface area contributed by atoms with Crippen LogP contribution in [0, 0.1) is 5.92 Å². The van der Waals surface area contributed by atoms with Crippen molar-refractivity contribution in [3.05, 3.63) is 28.8 Å². The highest BCUT2D eigenvalue weighted by Crippen LogP contribution is 2.29. The highest BCUT2D eigenvalue weighted by Gasteiger charge is 2.36. The topological polar surface area (TPSA) is 83.6 Å². The molecule has 1 aliphatic heterocycles. The first-order valence-corrected chi connectivity index (χ1v) is 10.0. The van der Waals surface area contributed by atoms with Gasteiger partial charge in [-0.1, -0.05) is 24.4 Å². The van der Waals surface area contributed by atoms with Crippen LogP contribution in [0.1, 0.15) is 42.5 Å². The summed E-state index contributed by atoms with van der Waals surface area (Å²) in [6.07, 6.45) is 4.54. The standard InChI is InChI=1S/C16H19ClN2O4S/c17-14-6-5-12(19-15(20)7-8-24(19,22)23)9-13(14)16(21)18-10-11-3-1-2-4-11/h5-6,9,11H,1-4,7-8,10H2,(H,18,21). The van der Waals surface area contributed by atoms with Crippen LogP contribution in [-0.4, -0.2) is 32.5 Å². The number of nitrogens with one attached hydrogen (secondary N) is 1. The van der Waals surface area contributed by atoms with E-state index >= 15 is 0 Å². The fourth-order valence-electron chi connectivity index (χ4n) is 3.23. The largest absolute Gasteiger partial charge is 0.352 e. The number of anilines is 1. The molecule has 1 saturated carbocycles. The lowest BCUT2D eigenvalue weighted by molar-refractivity contribution is -0.116. The molecule has 1 aromatic carbocycles. The molecule has 2 amide bonds. The Morgan fingerprint density at radius 1 is 1.29 bits per heavy atom. The van der Waals surface area contributed by atoms with Gasteiger partial charge in [-0.3, -0.25) is 9.59 Å². The Morgan fingerprint density at radius 2 is 2.00 bits per heavy atom. The molecule has 3 rings (SSSR count). The van der Waals surface area contributed by atoms with Crippen LogP contribution in [-0.2, 0) is 14.8 Å². The number of carbonyl (C=O) groups excluding carboxylic acids is 2. The molecule has 2 fully saturated rings. The molecule has 8 heteroatoms. The van der Waals surface area contributed by atoms with Gasteiger partial charge in [0.25, 0.3) is 5.91 Å². The second kappa shape index (κ2) is 6.72. The molecular formula is C16H19ClN2O4S. The molecule has 1 aromatic rings. The highest BCUT2D eigenvalue weighted by atomic mass is 35.5. The molecule has 6 nitrogen and oxygen atoms in total. The van der Waals surface area contributed by atoms with Gasteiger partial charge in [-0.15, -0.1) is 0 Å². The first-order chi connectivity index (χ1) is 11.4. The van der Waals surface area contributed by atoms with E-state index in [1.807, 2.05) is 0 Å². The zero-order valence-electron chi connectivity index (χ0n) is 13.1. The summed E-state index contributed by atoms with van der Waals surface area (Å²) >= 11 is 6.09. The number of hydrogen-bond donors (Lipinski definition) is 1. The van der Waals surface area contributed by atoms with Crippen LogP contribution in [0.25, 0.3) is 0 Å². The lowest BCUT2D eigenvalue weighted by Gasteiger charge is -2.17. The third-order valence-electron chi connectivity index (χ3n) is 4.53. The number of rotatable bonds is 4. The van der Waals surface area contributed by atoms with Crippen molar-refractivity contribution in [1.29, 1.82) is 0 Å². The lowest BCUT2D eigenvalue weighted by atomic mass is 10.1. The molecular weight excluding hydrogens is 352 g/mol. The number of halogens is 1. The number of nitrogens with zero attached hydrogens (tertiary/aromatic N) is 1. The van der Waals surface area contributed by atoms with Crippen LogP contribution in [0.15, 0.2) is 18.2 Å². The summed E-state index contributed by atoms with van der Waals surface area (Å²) in [5, 5.41) is 3.08. The Labute approximate surface area is 146 Å². The van der Waals surface area contributed by atoms with E-state index < -0.39 is 15.9 Å². The molecule has 0 spiro atoms. The van der Waals surface area contributed by atoms with Gasteiger partial charge in [0.1, 0.15) is 0 Å². The molecule has 24 heavy (non-hydrogen) atoms. The van der Waals surface area contributed by atoms with E-state index in [0.29, 0.717) is 12.5 Å². The van der Waals surface area contributed by atoms with Crippen molar-refractivity contribution < 1.29 is 18.0 Å². The minimum Gasteiger partial charge on any atom is -0.352 e. The summed E-state index contributed by atoms with van der Waals surface area (Å²) in [5.41, 5.74) is 0.343. The molecule has 0 aromatic heterocycles. The van der Waals surface area contributed by atoms with Gasteiger partial charge in [0.15, 0.2) is 0 Å². The first-order valence-electron chi connectivity index (χ1n) is 8.02. The third-order valence-corrected chi connectivity index (χ3v) is 6.55. The van der Waals surface area contributed by atoms with Gasteiger partial charge in [0, 0.05) is 13.0 Å². The van der Waals surface area contributed by atoms with Gasteiger partial charge < -0.3 is 5.32 Å². The molecule has 1 saturated heterocycles. The van der Waals surface area contributed by atoms with Crippen LogP contribution in [0.4, 0.5) is 5.69 Å². The summed E-state index contributed by atoms with van der Waals surface area (Å²) in [4.78, 5) is 24.3. The Hall–Kier alpha value is -1.60. The van der Waals surface area contributed by atoms with Crippen molar-refractivity contribution in [2.24, 2.45) is 5.92 Å². The monoisotopic (exact) mass is 370 g/mol. The maximum atomic E-state index is 12.4. The predicted octanol–water partition coefficient (Wildman–Crippen LogP) is 2.33. The number of benzene rings is 1. The molecule has 0 unspecified atom stereocenters. The number of carbonyl (C=O) groups is 2. The fraction of sp³-hybridized carbons (Fsp3) is 0.500. The second-order valence-electron chi connectivity index (χ2n) is 6.25. The molecule has 130 valence electrons. The summed E-state index contributed by atoms with van der Waals surface area (Å²) in [7, 11) is -3.66. The Morgan fingerprint density at radius 3 is 2.62 bits per heavy atom. The van der Waals surface area contributed by atoms with E-state index in [2.05, 4.69) is 5.32 Å². The number of hydrogen-bond acceptors (Lipinski definition) is 4. The zero-order chi connectivity index (χ0) is 17.3. The average Bonchev–Trinajstić information content (AvgIpc) is 3.14. The molecule has 0 radical (unpaired) electrons. The van der Waals surface area contributed by atoms with E-state index in [0.717, 1.165) is 17.1 Å². The van der Waals surface area contributed by atoms with E-state index in [4.69, 9.17) is 11.6 Å². The van der Waals surface area contributed by atoms with Gasteiger partial charge in [0.2, 0.25) is 15.9 Å². The van der Waals surface area contributed by atoms with Crippen LogP contribution in [0.3, 0.4) is 0 Å². The minimum absolute atomic E-state index is 0.0475. The molecule has 2 aliphatic rings. The SMILES string of the molecule is O=C(NCC1CCCC1)c1cc(N2C(=O)CCS2(=O)=O)ccc1Cl. The quantitative estimate of drug-likeness (QED) is 0.881. The molecule has 1 N–H and O–H groups in total. The van der Waals surface area contributed by atoms with Crippen molar-refractivity contribution in [3.63, 3.8) is 0 Å². The third kappa shape index (κ3) is 3.42. The maximum Gasteiger partial charge on any atom is 0.252 e. The van der Waals surface area contributed by atoms with Crippen molar-refractivity contribution >= 4 is 39.1 Å². The Bertz CT molecular complexity index is 772. The first kappa shape index (κ1) is 17.2. The van der Waals surface area contributed by atoms with Crippen LogP contribution < -0.4 is 9.62 Å². The van der Waals surface area contributed by atoms with Crippen molar-refractivity contribution in [2.75, 3.05) is 16.6 Å². The van der Waals surface area contributed by atoms with Crippen LogP contribution in [0.2, 0.25) is 5.02 Å². The maximum absolute atomic E-state index is 12.4. The van der Waals surface area contributed by atoms with Crippen LogP contribution in [0.5, 0.6) is 0 Å². The van der Waals surface area contributed by atoms with Gasteiger partial charge in [0.05, 0.1) is 22.0 Å². The predicted molar refractivity (Wildman–Crippen MR) is 91.6 cm³/mol. The second-order valence-corrected chi connectivity index (χ2v) is 8.59. The van der Waals surface area contributed by atoms with Crippen molar-refractivity contribution in [1.82, 2.24) is 5.32 Å². The van der Waals surface area contributed by atoms with E-state index in [1.165, 1.54) is 31.0 Å². The number of sulfonamides is 1. The Balaban J connectivity index is 1.81. The molecule has 0 bridgehead atoms. The van der Waals surface area contributed by atoms with Gasteiger partial charge >= 0.3 is 0 Å². The normalized spacial score (nSPS) is 20.5. The average molecular weight is 371 g/mol. The summed E-state index contributed by atoms with van der Waals surface area (Å²) in [5.74, 6) is -0.568. The lowest BCUT2D eigenvalue weighted by Crippen LogP contribution is -2.31. The van der Waals surface area contributed by atoms with Gasteiger partial charge in [-0.05, 0) is 37.0 Å². The fourth-order valence-corrected chi connectivity index (χ4v) is 4.88. The molecule has 0 atom stereocenters. The molecule has 1 aliphatic carbocycles. The molecule has 1 heterocycles.